The van der Waals surface area contributed by atoms with E-state index in [4.69, 9.17) is 20.6 Å². The summed E-state index contributed by atoms with van der Waals surface area (Å²) >= 11 is 8.67. The number of aryl methyl sites for hydroxylation is 1. The Hall–Kier alpha value is -3.34. The van der Waals surface area contributed by atoms with Gasteiger partial charge in [0.1, 0.15) is 4.88 Å². The monoisotopic (exact) mass is 469 g/mol. The molecule has 0 unspecified atom stereocenters. The first kappa shape index (κ1) is 19.6. The molecule has 31 heavy (non-hydrogen) atoms. The Balaban J connectivity index is 1.33. The van der Waals surface area contributed by atoms with E-state index in [0.717, 1.165) is 10.4 Å². The first-order valence-corrected chi connectivity index (χ1v) is 11.0. The van der Waals surface area contributed by atoms with Crippen LogP contribution in [0.1, 0.15) is 16.2 Å². The molecule has 4 aromatic heterocycles. The van der Waals surface area contributed by atoms with Gasteiger partial charge in [-0.2, -0.15) is 4.98 Å². The van der Waals surface area contributed by atoms with Gasteiger partial charge in [0.05, 0.1) is 10.6 Å². The summed E-state index contributed by atoms with van der Waals surface area (Å²) in [4.78, 5) is 23.0. The Kier molecular flexibility index (Phi) is 5.10. The van der Waals surface area contributed by atoms with Gasteiger partial charge in [-0.15, -0.1) is 11.3 Å². The van der Waals surface area contributed by atoms with Crippen molar-refractivity contribution in [3.8, 4) is 32.8 Å². The fraction of sp³-hybridized carbons (Fsp3) is 0.0500. The standard InChI is InChI=1S/C20H12ClN5O3S2/c1-10-16(19-23-17(26-29-19)15-3-2-8-30-15)31-20(22-10)24-18(27)13-9-14(28-25-13)11-4-6-12(21)7-5-11/h2-9H,1H3,(H,22,24,27). The molecule has 4 heterocycles. The maximum atomic E-state index is 12.6. The third kappa shape index (κ3) is 4.00. The van der Waals surface area contributed by atoms with Crippen molar-refractivity contribution in [2.45, 2.75) is 6.92 Å². The zero-order valence-electron chi connectivity index (χ0n) is 15.8. The molecule has 0 saturated heterocycles. The number of amides is 1. The summed E-state index contributed by atoms with van der Waals surface area (Å²) in [7, 11) is 0. The van der Waals surface area contributed by atoms with Crippen LogP contribution in [0.3, 0.4) is 0 Å². The quantitative estimate of drug-likeness (QED) is 0.347. The van der Waals surface area contributed by atoms with E-state index in [1.165, 1.54) is 22.7 Å². The largest absolute Gasteiger partial charge is 0.355 e. The Labute approximate surface area is 188 Å². The molecule has 1 aromatic carbocycles. The van der Waals surface area contributed by atoms with Gasteiger partial charge >= 0.3 is 0 Å². The van der Waals surface area contributed by atoms with Crippen molar-refractivity contribution in [2.24, 2.45) is 0 Å². The Bertz CT molecular complexity index is 1360. The van der Waals surface area contributed by atoms with Crippen molar-refractivity contribution in [2.75, 3.05) is 5.32 Å². The molecule has 0 aliphatic carbocycles. The number of thiophene rings is 1. The molecule has 5 rings (SSSR count). The molecular weight excluding hydrogens is 458 g/mol. The maximum Gasteiger partial charge on any atom is 0.279 e. The number of aromatic nitrogens is 4. The number of hydrogen-bond donors (Lipinski definition) is 1. The van der Waals surface area contributed by atoms with E-state index in [0.29, 0.717) is 38.2 Å². The molecule has 0 aliphatic rings. The van der Waals surface area contributed by atoms with E-state index < -0.39 is 5.91 Å². The van der Waals surface area contributed by atoms with Crippen molar-refractivity contribution < 1.29 is 13.8 Å². The fourth-order valence-electron chi connectivity index (χ4n) is 2.76. The first-order valence-electron chi connectivity index (χ1n) is 8.96. The number of carbonyl (C=O) groups is 1. The van der Waals surface area contributed by atoms with E-state index in [2.05, 4.69) is 25.6 Å². The molecule has 1 N–H and O–H groups in total. The minimum absolute atomic E-state index is 0.136. The summed E-state index contributed by atoms with van der Waals surface area (Å²) in [6, 6.07) is 12.4. The number of rotatable bonds is 5. The highest BCUT2D eigenvalue weighted by molar-refractivity contribution is 7.19. The topological polar surface area (TPSA) is 107 Å². The van der Waals surface area contributed by atoms with Crippen molar-refractivity contribution in [3.05, 3.63) is 64.3 Å². The summed E-state index contributed by atoms with van der Waals surface area (Å²) in [5, 5.41) is 13.5. The van der Waals surface area contributed by atoms with Crippen LogP contribution in [0, 0.1) is 6.92 Å². The van der Waals surface area contributed by atoms with Gasteiger partial charge in [0.2, 0.25) is 5.82 Å². The highest BCUT2D eigenvalue weighted by atomic mass is 35.5. The number of nitrogens with zero attached hydrogens (tertiary/aromatic N) is 4. The highest BCUT2D eigenvalue weighted by Crippen LogP contribution is 2.33. The molecule has 0 bridgehead atoms. The molecule has 1 amide bonds. The van der Waals surface area contributed by atoms with Gasteiger partial charge in [-0.25, -0.2) is 4.98 Å². The molecule has 11 heteroatoms. The van der Waals surface area contributed by atoms with Gasteiger partial charge in [-0.3, -0.25) is 10.1 Å². The molecule has 0 radical (unpaired) electrons. The van der Waals surface area contributed by atoms with Gasteiger partial charge in [0, 0.05) is 16.7 Å². The molecule has 8 nitrogen and oxygen atoms in total. The first-order chi connectivity index (χ1) is 15.1. The lowest BCUT2D eigenvalue weighted by Crippen LogP contribution is -2.11. The van der Waals surface area contributed by atoms with Crippen molar-refractivity contribution in [1.82, 2.24) is 20.3 Å². The Morgan fingerprint density at radius 2 is 1.94 bits per heavy atom. The van der Waals surface area contributed by atoms with Crippen LogP contribution < -0.4 is 5.32 Å². The smallest absolute Gasteiger partial charge is 0.279 e. The van der Waals surface area contributed by atoms with Crippen LogP contribution >= 0.6 is 34.3 Å². The second-order valence-corrected chi connectivity index (χ2v) is 8.75. The second kappa shape index (κ2) is 8.06. The molecule has 0 atom stereocenters. The van der Waals surface area contributed by atoms with Gasteiger partial charge in [0.25, 0.3) is 11.8 Å². The number of anilines is 1. The molecule has 154 valence electrons. The lowest BCUT2D eigenvalue weighted by Gasteiger charge is -1.96. The van der Waals surface area contributed by atoms with Gasteiger partial charge in [0.15, 0.2) is 16.6 Å². The third-order valence-electron chi connectivity index (χ3n) is 4.25. The minimum atomic E-state index is -0.436. The number of nitrogens with one attached hydrogen (secondary N) is 1. The van der Waals surface area contributed by atoms with Crippen LogP contribution in [0.5, 0.6) is 0 Å². The number of hydrogen-bond acceptors (Lipinski definition) is 9. The van der Waals surface area contributed by atoms with Crippen LogP contribution in [-0.4, -0.2) is 26.2 Å². The lowest BCUT2D eigenvalue weighted by molar-refractivity contribution is 0.101. The molecule has 0 fully saturated rings. The van der Waals surface area contributed by atoms with Crippen LogP contribution in [0.2, 0.25) is 5.02 Å². The highest BCUT2D eigenvalue weighted by Gasteiger charge is 2.20. The van der Waals surface area contributed by atoms with Crippen molar-refractivity contribution >= 4 is 45.3 Å². The number of benzene rings is 1. The average molecular weight is 470 g/mol. The van der Waals surface area contributed by atoms with Crippen molar-refractivity contribution in [1.29, 1.82) is 0 Å². The van der Waals surface area contributed by atoms with Crippen LogP contribution in [0.4, 0.5) is 5.13 Å². The predicted octanol–water partition coefficient (Wildman–Crippen LogP) is 5.79. The molecular formula is C20H12ClN5O3S2. The van der Waals surface area contributed by atoms with Gasteiger partial charge in [-0.1, -0.05) is 39.3 Å². The van der Waals surface area contributed by atoms with Crippen LogP contribution in [-0.2, 0) is 0 Å². The SMILES string of the molecule is Cc1nc(NC(=O)c2cc(-c3ccc(Cl)cc3)on2)sc1-c1nc(-c2cccs2)no1. The zero-order chi connectivity index (χ0) is 21.4. The lowest BCUT2D eigenvalue weighted by atomic mass is 10.1. The van der Waals surface area contributed by atoms with Crippen LogP contribution in [0.25, 0.3) is 32.8 Å². The van der Waals surface area contributed by atoms with E-state index in [1.807, 2.05) is 24.4 Å². The van der Waals surface area contributed by atoms with Gasteiger partial charge in [-0.05, 0) is 42.6 Å². The average Bonchev–Trinajstić information content (AvgIpc) is 3.55. The third-order valence-corrected chi connectivity index (χ3v) is 6.43. The van der Waals surface area contributed by atoms with Gasteiger partial charge < -0.3 is 9.05 Å². The molecule has 0 spiro atoms. The fourth-order valence-corrected chi connectivity index (χ4v) is 4.42. The summed E-state index contributed by atoms with van der Waals surface area (Å²) < 4.78 is 10.7. The summed E-state index contributed by atoms with van der Waals surface area (Å²) in [6.45, 7) is 1.81. The predicted molar refractivity (Wildman–Crippen MR) is 118 cm³/mol. The van der Waals surface area contributed by atoms with E-state index in [9.17, 15) is 4.79 Å². The number of thiazole rings is 1. The van der Waals surface area contributed by atoms with Crippen molar-refractivity contribution in [3.63, 3.8) is 0 Å². The minimum Gasteiger partial charge on any atom is -0.355 e. The Morgan fingerprint density at radius 1 is 1.10 bits per heavy atom. The molecule has 0 aliphatic heterocycles. The molecule has 5 aromatic rings. The zero-order valence-corrected chi connectivity index (χ0v) is 18.2. The van der Waals surface area contributed by atoms with E-state index in [1.54, 1.807) is 30.3 Å². The Morgan fingerprint density at radius 3 is 2.71 bits per heavy atom. The second-order valence-electron chi connectivity index (χ2n) is 6.37. The summed E-state index contributed by atoms with van der Waals surface area (Å²) in [5.74, 6) is 0.893. The summed E-state index contributed by atoms with van der Waals surface area (Å²) in [6.07, 6.45) is 0. The normalized spacial score (nSPS) is 11.0. The van der Waals surface area contributed by atoms with E-state index >= 15 is 0 Å². The number of halogens is 1. The van der Waals surface area contributed by atoms with E-state index in [-0.39, 0.29) is 5.69 Å². The number of carbonyl (C=O) groups excluding carboxylic acids is 1. The molecule has 0 saturated carbocycles. The summed E-state index contributed by atoms with van der Waals surface area (Å²) in [5.41, 5.74) is 1.57. The van der Waals surface area contributed by atoms with Crippen LogP contribution in [0.15, 0.2) is 56.9 Å². The maximum absolute atomic E-state index is 12.6.